The van der Waals surface area contributed by atoms with Gasteiger partial charge in [0.15, 0.2) is 0 Å². The Labute approximate surface area is 159 Å². The smallest absolute Gasteiger partial charge is 0.410 e. The van der Waals surface area contributed by atoms with Crippen molar-refractivity contribution in [2.45, 2.75) is 45.1 Å². The van der Waals surface area contributed by atoms with Gasteiger partial charge < -0.3 is 14.4 Å². The number of carbonyl (C=O) groups is 2. The van der Waals surface area contributed by atoms with Gasteiger partial charge in [0.05, 0.1) is 23.9 Å². The normalized spacial score (nSPS) is 15.8. The third kappa shape index (κ3) is 4.07. The van der Waals surface area contributed by atoms with Crippen molar-refractivity contribution in [1.29, 1.82) is 0 Å². The highest BCUT2D eigenvalue weighted by Gasteiger charge is 2.29. The van der Waals surface area contributed by atoms with Crippen LogP contribution in [0.3, 0.4) is 0 Å². The van der Waals surface area contributed by atoms with E-state index in [2.05, 4.69) is 0 Å². The second-order valence-electron chi connectivity index (χ2n) is 7.97. The Bertz CT molecular complexity index is 858. The van der Waals surface area contributed by atoms with Gasteiger partial charge in [0.1, 0.15) is 5.60 Å². The molecule has 3 rings (SSSR count). The first-order chi connectivity index (χ1) is 12.7. The lowest BCUT2D eigenvalue weighted by Crippen LogP contribution is -2.41. The summed E-state index contributed by atoms with van der Waals surface area (Å²) < 4.78 is 12.1. The Morgan fingerprint density at radius 1 is 1.19 bits per heavy atom. The third-order valence-corrected chi connectivity index (χ3v) is 4.83. The van der Waals surface area contributed by atoms with Crippen molar-refractivity contribution < 1.29 is 19.1 Å². The molecule has 0 aliphatic carbocycles. The summed E-state index contributed by atoms with van der Waals surface area (Å²) in [5.41, 5.74) is 1.96. The molecule has 2 aromatic rings. The highest BCUT2D eigenvalue weighted by molar-refractivity contribution is 5.95. The van der Waals surface area contributed by atoms with E-state index in [-0.39, 0.29) is 18.0 Å². The van der Waals surface area contributed by atoms with Gasteiger partial charge in [-0.05, 0) is 45.7 Å². The topological polar surface area (TPSA) is 73.7 Å². The number of carbonyl (C=O) groups excluding carboxylic acids is 2. The molecule has 7 heteroatoms. The standard InChI is InChI=1S/C20H27N3O4/c1-20(2,3)27-19(25)23-10-8-13(9-11-23)17-15-7-6-14(18(24)26-5)12-16(15)22(4)21-17/h6-7,12-13H,8-11H2,1-5H3. The first kappa shape index (κ1) is 19.2. The van der Waals surface area contributed by atoms with Crippen LogP contribution in [0.15, 0.2) is 18.2 Å². The molecular formula is C20H27N3O4. The van der Waals surface area contributed by atoms with E-state index in [0.717, 1.165) is 29.4 Å². The Morgan fingerprint density at radius 2 is 1.85 bits per heavy atom. The minimum Gasteiger partial charge on any atom is -0.465 e. The molecule has 1 amide bonds. The van der Waals surface area contributed by atoms with E-state index in [4.69, 9.17) is 14.6 Å². The van der Waals surface area contributed by atoms with Gasteiger partial charge in [-0.1, -0.05) is 6.07 Å². The van der Waals surface area contributed by atoms with E-state index in [1.165, 1.54) is 7.11 Å². The molecule has 0 radical (unpaired) electrons. The van der Waals surface area contributed by atoms with Crippen molar-refractivity contribution in [1.82, 2.24) is 14.7 Å². The van der Waals surface area contributed by atoms with Crippen LogP contribution in [0.5, 0.6) is 0 Å². The maximum Gasteiger partial charge on any atom is 0.410 e. The van der Waals surface area contributed by atoms with Crippen LogP contribution in [0.25, 0.3) is 10.9 Å². The van der Waals surface area contributed by atoms with Crippen LogP contribution < -0.4 is 0 Å². The number of nitrogens with zero attached hydrogens (tertiary/aromatic N) is 3. The molecule has 0 spiro atoms. The number of methoxy groups -OCH3 is 1. The van der Waals surface area contributed by atoms with Crippen LogP contribution in [0.1, 0.15) is 55.6 Å². The van der Waals surface area contributed by atoms with E-state index < -0.39 is 5.60 Å². The largest absolute Gasteiger partial charge is 0.465 e. The van der Waals surface area contributed by atoms with Crippen LogP contribution in [-0.2, 0) is 16.5 Å². The molecule has 1 aromatic heterocycles. The summed E-state index contributed by atoms with van der Waals surface area (Å²) in [6, 6.07) is 5.52. The second kappa shape index (κ2) is 7.21. The fourth-order valence-corrected chi connectivity index (χ4v) is 3.49. The van der Waals surface area contributed by atoms with Gasteiger partial charge >= 0.3 is 12.1 Å². The van der Waals surface area contributed by atoms with E-state index in [0.29, 0.717) is 18.7 Å². The van der Waals surface area contributed by atoms with E-state index in [9.17, 15) is 9.59 Å². The number of rotatable bonds is 2. The van der Waals surface area contributed by atoms with Crippen molar-refractivity contribution in [2.24, 2.45) is 7.05 Å². The second-order valence-corrected chi connectivity index (χ2v) is 7.97. The number of ether oxygens (including phenoxy) is 2. The summed E-state index contributed by atoms with van der Waals surface area (Å²) in [7, 11) is 3.25. The molecular weight excluding hydrogens is 346 g/mol. The van der Waals surface area contributed by atoms with Crippen molar-refractivity contribution >= 4 is 23.0 Å². The van der Waals surface area contributed by atoms with Crippen LogP contribution >= 0.6 is 0 Å². The maximum absolute atomic E-state index is 12.2. The average Bonchev–Trinajstić information content (AvgIpc) is 2.96. The number of fused-ring (bicyclic) bond motifs is 1. The Hall–Kier alpha value is -2.57. The molecule has 0 saturated carbocycles. The Morgan fingerprint density at radius 3 is 2.44 bits per heavy atom. The van der Waals surface area contributed by atoms with Gasteiger partial charge in [-0.3, -0.25) is 4.68 Å². The van der Waals surface area contributed by atoms with Gasteiger partial charge in [0, 0.05) is 31.4 Å². The minimum atomic E-state index is -0.484. The summed E-state index contributed by atoms with van der Waals surface area (Å²) in [6.45, 7) is 6.93. The van der Waals surface area contributed by atoms with E-state index in [1.807, 2.05) is 40.0 Å². The summed E-state index contributed by atoms with van der Waals surface area (Å²) in [4.78, 5) is 25.8. The molecule has 0 unspecified atom stereocenters. The van der Waals surface area contributed by atoms with Gasteiger partial charge in [-0.15, -0.1) is 0 Å². The number of hydrogen-bond acceptors (Lipinski definition) is 5. The highest BCUT2D eigenvalue weighted by Crippen LogP contribution is 2.33. The monoisotopic (exact) mass is 373 g/mol. The number of piperidine rings is 1. The molecule has 1 fully saturated rings. The molecule has 1 aliphatic rings. The van der Waals surface area contributed by atoms with E-state index in [1.54, 1.807) is 15.6 Å². The number of amides is 1. The van der Waals surface area contributed by atoms with Crippen molar-refractivity contribution in [3.05, 3.63) is 29.5 Å². The minimum absolute atomic E-state index is 0.255. The lowest BCUT2D eigenvalue weighted by Gasteiger charge is -2.33. The molecule has 146 valence electrons. The number of hydrogen-bond donors (Lipinski definition) is 0. The van der Waals surface area contributed by atoms with Crippen molar-refractivity contribution in [3.8, 4) is 0 Å². The lowest BCUT2D eigenvalue weighted by atomic mass is 9.91. The number of esters is 1. The van der Waals surface area contributed by atoms with E-state index >= 15 is 0 Å². The van der Waals surface area contributed by atoms with Crippen LogP contribution in [-0.4, -0.2) is 52.5 Å². The number of likely N-dealkylation sites (tertiary alicyclic amines) is 1. The first-order valence-corrected chi connectivity index (χ1v) is 9.22. The summed E-state index contributed by atoms with van der Waals surface area (Å²) in [6.07, 6.45) is 1.42. The fourth-order valence-electron chi connectivity index (χ4n) is 3.49. The SMILES string of the molecule is COC(=O)c1ccc2c(C3CCN(C(=O)OC(C)(C)C)CC3)nn(C)c2c1. The molecule has 1 saturated heterocycles. The summed E-state index contributed by atoms with van der Waals surface area (Å²) in [5, 5.41) is 5.74. The van der Waals surface area contributed by atoms with Crippen molar-refractivity contribution in [3.63, 3.8) is 0 Å². The van der Waals surface area contributed by atoms with Gasteiger partial charge in [-0.25, -0.2) is 9.59 Å². The summed E-state index contributed by atoms with van der Waals surface area (Å²) >= 11 is 0. The molecule has 1 aromatic carbocycles. The molecule has 7 nitrogen and oxygen atoms in total. The summed E-state index contributed by atoms with van der Waals surface area (Å²) in [5.74, 6) is -0.0818. The quantitative estimate of drug-likeness (QED) is 0.754. The number of aromatic nitrogens is 2. The fraction of sp³-hybridized carbons (Fsp3) is 0.550. The molecule has 2 heterocycles. The van der Waals surface area contributed by atoms with Crippen LogP contribution in [0.4, 0.5) is 4.79 Å². The zero-order valence-electron chi connectivity index (χ0n) is 16.6. The number of benzene rings is 1. The molecule has 1 aliphatic heterocycles. The third-order valence-electron chi connectivity index (χ3n) is 4.83. The van der Waals surface area contributed by atoms with Gasteiger partial charge in [0.25, 0.3) is 0 Å². The predicted octanol–water partition coefficient (Wildman–Crippen LogP) is 3.47. The highest BCUT2D eigenvalue weighted by atomic mass is 16.6. The zero-order chi connectivity index (χ0) is 19.8. The Kier molecular flexibility index (Phi) is 5.13. The van der Waals surface area contributed by atoms with Gasteiger partial charge in [0.2, 0.25) is 0 Å². The molecule has 0 N–H and O–H groups in total. The molecule has 27 heavy (non-hydrogen) atoms. The maximum atomic E-state index is 12.2. The molecule has 0 atom stereocenters. The lowest BCUT2D eigenvalue weighted by molar-refractivity contribution is 0.0204. The molecule has 0 bridgehead atoms. The zero-order valence-corrected chi connectivity index (χ0v) is 16.6. The number of aryl methyl sites for hydroxylation is 1. The average molecular weight is 373 g/mol. The van der Waals surface area contributed by atoms with Crippen LogP contribution in [0.2, 0.25) is 0 Å². The van der Waals surface area contributed by atoms with Crippen molar-refractivity contribution in [2.75, 3.05) is 20.2 Å². The Balaban J connectivity index is 1.76. The van der Waals surface area contributed by atoms with Gasteiger partial charge in [-0.2, -0.15) is 5.10 Å². The van der Waals surface area contributed by atoms with Crippen LogP contribution in [0, 0.1) is 0 Å². The predicted molar refractivity (Wildman–Crippen MR) is 102 cm³/mol. The first-order valence-electron chi connectivity index (χ1n) is 9.22.